The molecule has 3 aromatic rings. The van der Waals surface area contributed by atoms with Crippen LogP contribution in [0.15, 0.2) is 60.7 Å². The zero-order chi connectivity index (χ0) is 28.6. The monoisotopic (exact) mass is 581 g/mol. The molecule has 212 valence electrons. The van der Waals surface area contributed by atoms with Gasteiger partial charge in [-0.3, -0.25) is 4.79 Å². The fourth-order valence-corrected chi connectivity index (χ4v) is 7.30. The van der Waals surface area contributed by atoms with Crippen molar-refractivity contribution in [2.24, 2.45) is 5.92 Å². The second kappa shape index (κ2) is 11.6. The van der Waals surface area contributed by atoms with Crippen molar-refractivity contribution in [1.82, 2.24) is 0 Å². The van der Waals surface area contributed by atoms with Crippen molar-refractivity contribution in [3.63, 3.8) is 0 Å². The Balaban J connectivity index is 1.56. The van der Waals surface area contributed by atoms with Crippen molar-refractivity contribution in [3.05, 3.63) is 87.9 Å². The Labute approximate surface area is 244 Å². The third kappa shape index (κ3) is 5.70. The first-order chi connectivity index (χ1) is 19.1. The molecule has 3 aromatic carbocycles. The zero-order valence-electron chi connectivity index (χ0n) is 23.4. The maximum absolute atomic E-state index is 13.8. The van der Waals surface area contributed by atoms with E-state index in [-0.39, 0.29) is 24.3 Å². The number of carbonyl (C=O) groups is 1. The molecule has 0 aromatic heterocycles. The smallest absolute Gasteiger partial charge is 0.232 e. The molecule has 40 heavy (non-hydrogen) atoms. The number of amides is 1. The first-order valence-corrected chi connectivity index (χ1v) is 15.6. The normalized spacial score (nSPS) is 22.6. The summed E-state index contributed by atoms with van der Waals surface area (Å²) in [6, 6.07) is 18.7. The average molecular weight is 582 g/mol. The number of aliphatic hydroxyl groups is 1. The number of methoxy groups -OCH3 is 1. The largest absolute Gasteiger partial charge is 0.616 e. The summed E-state index contributed by atoms with van der Waals surface area (Å²) in [6.45, 7) is 5.77. The van der Waals surface area contributed by atoms with E-state index in [0.29, 0.717) is 28.0 Å². The molecule has 1 N–H and O–H groups in total. The molecule has 8 heteroatoms. The summed E-state index contributed by atoms with van der Waals surface area (Å²) in [6.07, 6.45) is 1.63. The molecule has 2 heterocycles. The Bertz CT molecular complexity index is 1350. The van der Waals surface area contributed by atoms with Gasteiger partial charge in [0.1, 0.15) is 11.5 Å². The van der Waals surface area contributed by atoms with Crippen LogP contribution >= 0.6 is 11.6 Å². The van der Waals surface area contributed by atoms with E-state index in [9.17, 15) is 14.5 Å². The number of benzene rings is 3. The quantitative estimate of drug-likeness (QED) is 0.337. The molecule has 0 aliphatic carbocycles. The minimum Gasteiger partial charge on any atom is -0.616 e. The van der Waals surface area contributed by atoms with E-state index < -0.39 is 22.8 Å². The van der Waals surface area contributed by atoms with Gasteiger partial charge in [-0.05, 0) is 92.3 Å². The summed E-state index contributed by atoms with van der Waals surface area (Å²) in [5, 5.41) is 12.1. The van der Waals surface area contributed by atoms with Crippen LogP contribution in [0.2, 0.25) is 5.02 Å². The van der Waals surface area contributed by atoms with E-state index in [4.69, 9.17) is 21.1 Å². The third-order valence-corrected chi connectivity index (χ3v) is 9.68. The van der Waals surface area contributed by atoms with E-state index in [0.717, 1.165) is 40.8 Å². The molecule has 6 nitrogen and oxygen atoms in total. The number of carbonyl (C=O) groups excluding carboxylic acids is 1. The van der Waals surface area contributed by atoms with Crippen molar-refractivity contribution in [1.29, 1.82) is 0 Å². The number of fused-ring (bicyclic) bond motifs is 1. The van der Waals surface area contributed by atoms with Gasteiger partial charge in [-0.25, -0.2) is 0 Å². The van der Waals surface area contributed by atoms with Crippen LogP contribution in [0.25, 0.3) is 0 Å². The molecule has 2 aliphatic heterocycles. The Morgan fingerprint density at radius 2 is 1.70 bits per heavy atom. The summed E-state index contributed by atoms with van der Waals surface area (Å²) < 4.78 is 23.6. The highest BCUT2D eigenvalue weighted by atomic mass is 35.5. The van der Waals surface area contributed by atoms with Crippen LogP contribution < -0.4 is 14.4 Å². The molecule has 2 atom stereocenters. The van der Waals surface area contributed by atoms with Gasteiger partial charge in [0.15, 0.2) is 11.5 Å². The minimum atomic E-state index is -1.04. The number of ether oxygens (including phenoxy) is 2. The summed E-state index contributed by atoms with van der Waals surface area (Å²) >= 11 is 5.44. The molecular formula is C32H36ClNO5S. The fourth-order valence-electron chi connectivity index (χ4n) is 5.88. The third-order valence-electron chi connectivity index (χ3n) is 8.05. The SMILES string of the molecule is COc1cc2c(cc1OC(C)C)[C@H](c1ccc(Cl)cc1)N(c1ccc(C(C)(O)C3CC[S+]([O-])CC3)cc1)C(=O)C2. The van der Waals surface area contributed by atoms with Crippen molar-refractivity contribution in [2.45, 2.75) is 57.8 Å². The van der Waals surface area contributed by atoms with Gasteiger partial charge in [-0.2, -0.15) is 0 Å². The molecule has 2 aliphatic rings. The van der Waals surface area contributed by atoms with E-state index in [1.54, 1.807) is 7.11 Å². The highest BCUT2D eigenvalue weighted by Crippen LogP contribution is 2.44. The predicted molar refractivity (Wildman–Crippen MR) is 160 cm³/mol. The number of nitrogens with zero attached hydrogens (tertiary/aromatic N) is 1. The molecular weight excluding hydrogens is 546 g/mol. The Morgan fingerprint density at radius 1 is 1.05 bits per heavy atom. The maximum atomic E-state index is 13.8. The topological polar surface area (TPSA) is 82.1 Å². The average Bonchev–Trinajstić information content (AvgIpc) is 2.93. The van der Waals surface area contributed by atoms with Gasteiger partial charge < -0.3 is 24.0 Å². The molecule has 1 fully saturated rings. The van der Waals surface area contributed by atoms with Crippen LogP contribution in [0, 0.1) is 5.92 Å². The molecule has 0 saturated carbocycles. The highest BCUT2D eigenvalue weighted by Gasteiger charge is 2.39. The van der Waals surface area contributed by atoms with E-state index >= 15 is 0 Å². The summed E-state index contributed by atoms with van der Waals surface area (Å²) in [7, 11) is 1.60. The molecule has 1 unspecified atom stereocenters. The summed E-state index contributed by atoms with van der Waals surface area (Å²) in [5.74, 6) is 2.47. The van der Waals surface area contributed by atoms with Gasteiger partial charge in [-0.15, -0.1) is 0 Å². The van der Waals surface area contributed by atoms with Crippen LogP contribution in [-0.4, -0.2) is 40.3 Å². The van der Waals surface area contributed by atoms with Gasteiger partial charge in [0.25, 0.3) is 0 Å². The second-order valence-electron chi connectivity index (χ2n) is 11.1. The Kier molecular flexibility index (Phi) is 8.39. The van der Waals surface area contributed by atoms with Gasteiger partial charge in [0.2, 0.25) is 5.91 Å². The summed E-state index contributed by atoms with van der Waals surface area (Å²) in [4.78, 5) is 15.6. The molecule has 1 saturated heterocycles. The predicted octanol–water partition coefficient (Wildman–Crippen LogP) is 6.18. The molecule has 1 amide bonds. The van der Waals surface area contributed by atoms with Crippen molar-refractivity contribution in [2.75, 3.05) is 23.5 Å². The van der Waals surface area contributed by atoms with Crippen molar-refractivity contribution >= 4 is 34.4 Å². The number of anilines is 1. The van der Waals surface area contributed by atoms with Crippen LogP contribution in [0.3, 0.4) is 0 Å². The number of hydrogen-bond donors (Lipinski definition) is 1. The van der Waals surface area contributed by atoms with E-state index in [2.05, 4.69) is 0 Å². The van der Waals surface area contributed by atoms with Gasteiger partial charge in [0, 0.05) is 16.6 Å². The lowest BCUT2D eigenvalue weighted by Crippen LogP contribution is -2.41. The maximum Gasteiger partial charge on any atom is 0.232 e. The van der Waals surface area contributed by atoms with Crippen LogP contribution in [-0.2, 0) is 28.0 Å². The lowest BCUT2D eigenvalue weighted by atomic mass is 9.79. The van der Waals surface area contributed by atoms with Gasteiger partial charge >= 0.3 is 0 Å². The molecule has 0 radical (unpaired) electrons. The first kappa shape index (κ1) is 28.8. The summed E-state index contributed by atoms with van der Waals surface area (Å²) in [5.41, 5.74) is 3.26. The second-order valence-corrected chi connectivity index (χ2v) is 13.2. The Hall–Kier alpha value is -2.71. The van der Waals surface area contributed by atoms with Gasteiger partial charge in [-0.1, -0.05) is 47.0 Å². The lowest BCUT2D eigenvalue weighted by molar-refractivity contribution is -0.118. The Morgan fingerprint density at radius 3 is 2.30 bits per heavy atom. The van der Waals surface area contributed by atoms with E-state index in [1.807, 2.05) is 86.3 Å². The van der Waals surface area contributed by atoms with Gasteiger partial charge in [0.05, 0.1) is 31.3 Å². The first-order valence-electron chi connectivity index (χ1n) is 13.7. The number of hydrogen-bond acceptors (Lipinski definition) is 5. The fraction of sp³-hybridized carbons (Fsp3) is 0.406. The van der Waals surface area contributed by atoms with Crippen LogP contribution in [0.1, 0.15) is 61.9 Å². The molecule has 0 bridgehead atoms. The zero-order valence-corrected chi connectivity index (χ0v) is 24.9. The minimum absolute atomic E-state index is 0.0377. The molecule has 5 rings (SSSR count). The highest BCUT2D eigenvalue weighted by molar-refractivity contribution is 7.91. The number of rotatable bonds is 7. The van der Waals surface area contributed by atoms with Crippen molar-refractivity contribution < 1.29 is 23.9 Å². The number of halogens is 1. The van der Waals surface area contributed by atoms with Crippen LogP contribution in [0.5, 0.6) is 11.5 Å². The standard InChI is InChI=1S/C32H36ClNO5S/c1-20(2)39-29-19-27-22(17-28(29)38-4)18-30(35)34(31(27)21-5-9-25(33)10-6-21)26-11-7-23(8-12-26)32(3,36)24-13-15-40(37)16-14-24/h5-12,17,19-20,24,31,36H,13-16,18H2,1-4H3/t24?,31-,32?,40?/m0/s1. The lowest BCUT2D eigenvalue weighted by Gasteiger charge is -2.39. The van der Waals surface area contributed by atoms with Crippen molar-refractivity contribution in [3.8, 4) is 11.5 Å². The van der Waals surface area contributed by atoms with Crippen LogP contribution in [0.4, 0.5) is 5.69 Å². The molecule has 0 spiro atoms. The van der Waals surface area contributed by atoms with E-state index in [1.165, 1.54) is 0 Å².